The molecule has 0 aliphatic carbocycles. The quantitative estimate of drug-likeness (QED) is 0.854. The van der Waals surface area contributed by atoms with Crippen LogP contribution >= 0.6 is 11.6 Å². The van der Waals surface area contributed by atoms with Crippen molar-refractivity contribution in [2.45, 2.75) is 13.0 Å². The summed E-state index contributed by atoms with van der Waals surface area (Å²) in [5, 5.41) is 0.741. The lowest BCUT2D eigenvalue weighted by molar-refractivity contribution is -0.136. The molecule has 0 N–H and O–H groups in total. The molecule has 0 aromatic heterocycles. The van der Waals surface area contributed by atoms with Crippen LogP contribution in [0.5, 0.6) is 0 Å². The molecule has 1 amide bonds. The molecule has 5 heteroatoms. The summed E-state index contributed by atoms with van der Waals surface area (Å²) < 4.78 is 5.26. The molecule has 1 heterocycles. The fourth-order valence-electron chi connectivity index (χ4n) is 2.31. The zero-order valence-electron chi connectivity index (χ0n) is 12.0. The Morgan fingerprint density at radius 3 is 2.70 bits per heavy atom. The maximum atomic E-state index is 12.2. The second-order valence-corrected chi connectivity index (χ2v) is 5.51. The first kappa shape index (κ1) is 15.3. The molecule has 1 aliphatic rings. The third-order valence-electron chi connectivity index (χ3n) is 3.76. The van der Waals surface area contributed by atoms with Crippen LogP contribution in [0.25, 0.3) is 0 Å². The second-order valence-electron chi connectivity index (χ2n) is 5.11. The van der Waals surface area contributed by atoms with Crippen LogP contribution in [0, 0.1) is 0 Å². The van der Waals surface area contributed by atoms with Gasteiger partial charge in [0.2, 0.25) is 5.91 Å². The molecule has 0 radical (unpaired) electrons. The van der Waals surface area contributed by atoms with Crippen LogP contribution in [-0.2, 0) is 9.53 Å². The van der Waals surface area contributed by atoms with Crippen molar-refractivity contribution < 1.29 is 9.53 Å². The highest BCUT2D eigenvalue weighted by Crippen LogP contribution is 2.26. The minimum absolute atomic E-state index is 0.105. The minimum atomic E-state index is 0.105. The number of halogens is 1. The van der Waals surface area contributed by atoms with E-state index in [0.717, 1.165) is 10.6 Å². The van der Waals surface area contributed by atoms with Crippen molar-refractivity contribution in [3.8, 4) is 0 Å². The van der Waals surface area contributed by atoms with Crippen LogP contribution in [0.4, 0.5) is 0 Å². The number of rotatable bonds is 4. The van der Waals surface area contributed by atoms with Gasteiger partial charge in [0, 0.05) is 24.2 Å². The number of likely N-dealkylation sites (N-methyl/N-ethyl adjacent to an activating group) is 1. The van der Waals surface area contributed by atoms with Crippen LogP contribution < -0.4 is 0 Å². The van der Waals surface area contributed by atoms with Gasteiger partial charge in [0.25, 0.3) is 0 Å². The normalized spacial score (nSPS) is 17.3. The fraction of sp³-hybridized carbons (Fsp3) is 0.533. The van der Waals surface area contributed by atoms with Gasteiger partial charge in [-0.1, -0.05) is 29.8 Å². The second kappa shape index (κ2) is 7.07. The molecule has 1 aromatic carbocycles. The summed E-state index contributed by atoms with van der Waals surface area (Å²) in [7, 11) is 1.95. The Morgan fingerprint density at radius 1 is 1.40 bits per heavy atom. The molecule has 4 nitrogen and oxygen atoms in total. The molecule has 0 spiro atoms. The van der Waals surface area contributed by atoms with Gasteiger partial charge >= 0.3 is 0 Å². The predicted molar refractivity (Wildman–Crippen MR) is 79.9 cm³/mol. The van der Waals surface area contributed by atoms with Crippen molar-refractivity contribution in [1.82, 2.24) is 9.80 Å². The number of amides is 1. The summed E-state index contributed by atoms with van der Waals surface area (Å²) >= 11 is 6.21. The summed E-state index contributed by atoms with van der Waals surface area (Å²) in [6, 6.07) is 7.87. The van der Waals surface area contributed by atoms with E-state index in [0.29, 0.717) is 32.8 Å². The molecule has 2 rings (SSSR count). The molecule has 1 fully saturated rings. The van der Waals surface area contributed by atoms with E-state index in [1.807, 2.05) is 41.1 Å². The van der Waals surface area contributed by atoms with Gasteiger partial charge in [0.1, 0.15) is 0 Å². The molecule has 0 bridgehead atoms. The summed E-state index contributed by atoms with van der Waals surface area (Å²) in [6.07, 6.45) is 0. The Morgan fingerprint density at radius 2 is 2.05 bits per heavy atom. The van der Waals surface area contributed by atoms with Gasteiger partial charge in [-0.25, -0.2) is 0 Å². The van der Waals surface area contributed by atoms with Crippen LogP contribution in [0.3, 0.4) is 0 Å². The van der Waals surface area contributed by atoms with E-state index in [1.54, 1.807) is 0 Å². The van der Waals surface area contributed by atoms with Gasteiger partial charge in [-0.05, 0) is 25.6 Å². The van der Waals surface area contributed by atoms with Crippen molar-refractivity contribution in [2.75, 3.05) is 39.9 Å². The zero-order valence-corrected chi connectivity index (χ0v) is 12.8. The largest absolute Gasteiger partial charge is 0.378 e. The fourth-order valence-corrected chi connectivity index (χ4v) is 2.61. The van der Waals surface area contributed by atoms with Crippen LogP contribution in [0.2, 0.25) is 5.02 Å². The molecule has 20 heavy (non-hydrogen) atoms. The van der Waals surface area contributed by atoms with E-state index in [1.165, 1.54) is 0 Å². The van der Waals surface area contributed by atoms with Crippen LogP contribution in [-0.4, -0.2) is 55.6 Å². The van der Waals surface area contributed by atoms with Crippen molar-refractivity contribution in [3.05, 3.63) is 34.9 Å². The van der Waals surface area contributed by atoms with E-state index in [4.69, 9.17) is 16.3 Å². The first-order chi connectivity index (χ1) is 9.59. The summed E-state index contributed by atoms with van der Waals surface area (Å²) in [5.74, 6) is 0.148. The molecular weight excluding hydrogens is 276 g/mol. The van der Waals surface area contributed by atoms with Crippen molar-refractivity contribution in [1.29, 1.82) is 0 Å². The zero-order chi connectivity index (χ0) is 14.5. The van der Waals surface area contributed by atoms with Gasteiger partial charge in [-0.2, -0.15) is 0 Å². The van der Waals surface area contributed by atoms with Crippen LogP contribution in [0.15, 0.2) is 24.3 Å². The Kier molecular flexibility index (Phi) is 5.40. The third-order valence-corrected chi connectivity index (χ3v) is 4.11. The first-order valence-corrected chi connectivity index (χ1v) is 7.27. The molecule has 1 aliphatic heterocycles. The Balaban J connectivity index is 1.95. The van der Waals surface area contributed by atoms with Gasteiger partial charge in [0.05, 0.1) is 19.8 Å². The molecule has 1 unspecified atom stereocenters. The molecule has 0 saturated carbocycles. The Hall–Kier alpha value is -1.10. The van der Waals surface area contributed by atoms with Gasteiger partial charge in [-0.15, -0.1) is 0 Å². The monoisotopic (exact) mass is 296 g/mol. The summed E-state index contributed by atoms with van der Waals surface area (Å²) in [5.41, 5.74) is 1.05. The number of ether oxygens (including phenoxy) is 1. The maximum absolute atomic E-state index is 12.2. The molecular formula is C15H21ClN2O2. The highest BCUT2D eigenvalue weighted by molar-refractivity contribution is 6.31. The maximum Gasteiger partial charge on any atom is 0.236 e. The predicted octanol–water partition coefficient (Wildman–Crippen LogP) is 2.19. The van der Waals surface area contributed by atoms with Gasteiger partial charge < -0.3 is 9.64 Å². The lowest BCUT2D eigenvalue weighted by Gasteiger charge is -2.31. The van der Waals surface area contributed by atoms with Crippen LogP contribution in [0.1, 0.15) is 18.5 Å². The lowest BCUT2D eigenvalue weighted by Crippen LogP contribution is -2.45. The highest BCUT2D eigenvalue weighted by Gasteiger charge is 2.21. The van der Waals surface area contributed by atoms with E-state index in [9.17, 15) is 4.79 Å². The smallest absolute Gasteiger partial charge is 0.236 e. The number of nitrogens with zero attached hydrogens (tertiary/aromatic N) is 2. The van der Waals surface area contributed by atoms with E-state index in [2.05, 4.69) is 6.92 Å². The van der Waals surface area contributed by atoms with Crippen molar-refractivity contribution >= 4 is 17.5 Å². The lowest BCUT2D eigenvalue weighted by atomic mass is 10.1. The Labute approximate surface area is 125 Å². The van der Waals surface area contributed by atoms with E-state index >= 15 is 0 Å². The van der Waals surface area contributed by atoms with Gasteiger partial charge in [0.15, 0.2) is 0 Å². The topological polar surface area (TPSA) is 32.8 Å². The average Bonchev–Trinajstić information content (AvgIpc) is 2.48. The Bertz CT molecular complexity index is 461. The number of morpholine rings is 1. The number of hydrogen-bond donors (Lipinski definition) is 0. The molecule has 1 aromatic rings. The summed E-state index contributed by atoms with van der Waals surface area (Å²) in [4.78, 5) is 16.1. The number of carbonyl (C=O) groups is 1. The van der Waals surface area contributed by atoms with E-state index in [-0.39, 0.29) is 11.9 Å². The standard InChI is InChI=1S/C15H21ClN2O2/c1-12(13-5-3-4-6-14(13)16)17(2)11-15(19)18-7-9-20-10-8-18/h3-6,12H,7-11H2,1-2H3. The average molecular weight is 297 g/mol. The van der Waals surface area contributed by atoms with Crippen molar-refractivity contribution in [2.24, 2.45) is 0 Å². The minimum Gasteiger partial charge on any atom is -0.378 e. The molecule has 1 atom stereocenters. The number of hydrogen-bond acceptors (Lipinski definition) is 3. The highest BCUT2D eigenvalue weighted by atomic mass is 35.5. The molecule has 110 valence electrons. The van der Waals surface area contributed by atoms with E-state index < -0.39 is 0 Å². The summed E-state index contributed by atoms with van der Waals surface area (Å²) in [6.45, 7) is 5.10. The third kappa shape index (κ3) is 3.72. The first-order valence-electron chi connectivity index (χ1n) is 6.90. The van der Waals surface area contributed by atoms with Crippen molar-refractivity contribution in [3.63, 3.8) is 0 Å². The molecule has 1 saturated heterocycles. The van der Waals surface area contributed by atoms with Gasteiger partial charge in [-0.3, -0.25) is 9.69 Å². The SMILES string of the molecule is CC(c1ccccc1Cl)N(C)CC(=O)N1CCOCC1. The number of benzene rings is 1. The number of carbonyl (C=O) groups excluding carboxylic acids is 1.